The first-order valence-corrected chi connectivity index (χ1v) is 2.94. The summed E-state index contributed by atoms with van der Waals surface area (Å²) < 4.78 is 1.12. The van der Waals surface area contributed by atoms with Gasteiger partial charge in [0, 0.05) is 13.1 Å². The summed E-state index contributed by atoms with van der Waals surface area (Å²) in [4.78, 5) is 21.3. The topological polar surface area (TPSA) is 78.0 Å². The van der Waals surface area contributed by atoms with Gasteiger partial charge < -0.3 is 5.73 Å². The molecule has 0 aromatic carbocycles. The van der Waals surface area contributed by atoms with Crippen LogP contribution < -0.4 is 11.3 Å². The highest BCUT2D eigenvalue weighted by molar-refractivity contribution is 5.92. The van der Waals surface area contributed by atoms with Crippen LogP contribution in [0.2, 0.25) is 0 Å². The maximum atomic E-state index is 10.8. The second-order valence-electron chi connectivity index (χ2n) is 2.07. The number of rotatable bonds is 1. The Hall–Kier alpha value is -1.65. The number of carbonyl (C=O) groups excluding carboxylic acids is 1. The first kappa shape index (κ1) is 7.46. The molecule has 1 aromatic rings. The Morgan fingerprint density at radius 3 is 2.82 bits per heavy atom. The van der Waals surface area contributed by atoms with E-state index in [-0.39, 0.29) is 11.1 Å². The zero-order valence-corrected chi connectivity index (χ0v) is 5.94. The largest absolute Gasteiger partial charge is 0.366 e. The maximum absolute atomic E-state index is 10.8. The predicted octanol–water partition coefficient (Wildman–Crippen LogP) is -1.12. The van der Waals surface area contributed by atoms with Gasteiger partial charge in [-0.2, -0.15) is 5.10 Å². The summed E-state index contributed by atoms with van der Waals surface area (Å²) in [5.41, 5.74) is 4.69. The minimum absolute atomic E-state index is 0.133. The number of carbonyl (C=O) groups is 1. The van der Waals surface area contributed by atoms with Crippen molar-refractivity contribution in [2.75, 3.05) is 0 Å². The van der Waals surface area contributed by atoms with Crippen molar-refractivity contribution < 1.29 is 4.79 Å². The molecule has 0 fully saturated rings. The van der Waals surface area contributed by atoms with Crippen molar-refractivity contribution in [1.82, 2.24) is 9.78 Å². The van der Waals surface area contributed by atoms with Gasteiger partial charge in [-0.3, -0.25) is 9.59 Å². The highest BCUT2D eigenvalue weighted by atomic mass is 16.1. The highest BCUT2D eigenvalue weighted by Crippen LogP contribution is 1.87. The molecular weight excluding hydrogens is 146 g/mol. The quantitative estimate of drug-likeness (QED) is 0.555. The molecule has 0 spiro atoms. The normalized spacial score (nSPS) is 9.55. The smallest absolute Gasteiger partial charge is 0.267 e. The Morgan fingerprint density at radius 2 is 2.36 bits per heavy atom. The molecule has 0 saturated carbocycles. The molecule has 1 rings (SSSR count). The summed E-state index contributed by atoms with van der Waals surface area (Å²) in [5.74, 6) is -0.643. The number of aryl methyl sites for hydroxylation is 1. The zero-order valence-electron chi connectivity index (χ0n) is 5.94. The minimum atomic E-state index is -0.643. The van der Waals surface area contributed by atoms with Crippen LogP contribution in [0, 0.1) is 0 Å². The SMILES string of the molecule is Cn1ncc(C(N)=O)cc1=O. The third kappa shape index (κ3) is 1.43. The average molecular weight is 153 g/mol. The van der Waals surface area contributed by atoms with E-state index in [1.54, 1.807) is 0 Å². The molecule has 0 aliphatic rings. The predicted molar refractivity (Wildman–Crippen MR) is 38.0 cm³/mol. The lowest BCUT2D eigenvalue weighted by atomic mass is 10.3. The number of primary amides is 1. The van der Waals surface area contributed by atoms with E-state index < -0.39 is 5.91 Å². The van der Waals surface area contributed by atoms with E-state index in [2.05, 4.69) is 5.10 Å². The fraction of sp³-hybridized carbons (Fsp3) is 0.167. The Kier molecular flexibility index (Phi) is 1.72. The van der Waals surface area contributed by atoms with E-state index in [1.165, 1.54) is 13.2 Å². The van der Waals surface area contributed by atoms with Crippen molar-refractivity contribution in [3.8, 4) is 0 Å². The summed E-state index contributed by atoms with van der Waals surface area (Å²) >= 11 is 0. The van der Waals surface area contributed by atoms with Crippen molar-refractivity contribution in [2.45, 2.75) is 0 Å². The van der Waals surface area contributed by atoms with E-state index in [9.17, 15) is 9.59 Å². The average Bonchev–Trinajstić information content (AvgIpc) is 1.94. The van der Waals surface area contributed by atoms with Gasteiger partial charge in [0.05, 0.1) is 11.8 Å². The fourth-order valence-corrected chi connectivity index (χ4v) is 0.604. The van der Waals surface area contributed by atoms with Crippen molar-refractivity contribution in [3.05, 3.63) is 28.2 Å². The Bertz CT molecular complexity index is 342. The summed E-state index contributed by atoms with van der Waals surface area (Å²) in [6, 6.07) is 1.15. The van der Waals surface area contributed by atoms with Crippen LogP contribution in [0.5, 0.6) is 0 Å². The molecule has 58 valence electrons. The van der Waals surface area contributed by atoms with Crippen LogP contribution >= 0.6 is 0 Å². The molecule has 1 heterocycles. The highest BCUT2D eigenvalue weighted by Gasteiger charge is 2.01. The Balaban J connectivity index is 3.26. The molecule has 0 aliphatic carbocycles. The van der Waals surface area contributed by atoms with E-state index >= 15 is 0 Å². The zero-order chi connectivity index (χ0) is 8.43. The standard InChI is InChI=1S/C6H7N3O2/c1-9-5(10)2-4(3-8-9)6(7)11/h2-3H,1H3,(H2,7,11). The number of amides is 1. The van der Waals surface area contributed by atoms with Crippen molar-refractivity contribution in [1.29, 1.82) is 0 Å². The third-order valence-electron chi connectivity index (χ3n) is 1.25. The molecule has 0 unspecified atom stereocenters. The molecular formula is C6H7N3O2. The first-order valence-electron chi connectivity index (χ1n) is 2.94. The molecule has 0 saturated heterocycles. The lowest BCUT2D eigenvalue weighted by Crippen LogP contribution is -2.22. The van der Waals surface area contributed by atoms with Gasteiger partial charge in [-0.1, -0.05) is 0 Å². The van der Waals surface area contributed by atoms with Gasteiger partial charge in [-0.05, 0) is 0 Å². The van der Waals surface area contributed by atoms with E-state index in [0.29, 0.717) is 0 Å². The number of nitrogens with two attached hydrogens (primary N) is 1. The molecule has 0 radical (unpaired) electrons. The first-order chi connectivity index (χ1) is 5.11. The van der Waals surface area contributed by atoms with E-state index in [1.807, 2.05) is 0 Å². The lowest BCUT2D eigenvalue weighted by molar-refractivity contribution is 0.0999. The lowest BCUT2D eigenvalue weighted by Gasteiger charge is -1.95. The van der Waals surface area contributed by atoms with Crippen LogP contribution in [0.25, 0.3) is 0 Å². The van der Waals surface area contributed by atoms with Gasteiger partial charge in [-0.25, -0.2) is 4.68 Å². The summed E-state index contributed by atoms with van der Waals surface area (Å²) in [6.07, 6.45) is 1.25. The molecule has 5 heteroatoms. The molecule has 1 amide bonds. The van der Waals surface area contributed by atoms with Gasteiger partial charge in [0.15, 0.2) is 0 Å². The minimum Gasteiger partial charge on any atom is -0.366 e. The Morgan fingerprint density at radius 1 is 1.73 bits per heavy atom. The van der Waals surface area contributed by atoms with Crippen molar-refractivity contribution in [2.24, 2.45) is 12.8 Å². The second kappa shape index (κ2) is 2.53. The van der Waals surface area contributed by atoms with Gasteiger partial charge >= 0.3 is 0 Å². The van der Waals surface area contributed by atoms with Crippen LogP contribution in [0.3, 0.4) is 0 Å². The van der Waals surface area contributed by atoms with Gasteiger partial charge in [0.1, 0.15) is 0 Å². The summed E-state index contributed by atoms with van der Waals surface area (Å²) in [7, 11) is 1.49. The molecule has 5 nitrogen and oxygen atoms in total. The molecule has 11 heavy (non-hydrogen) atoms. The fourth-order valence-electron chi connectivity index (χ4n) is 0.604. The maximum Gasteiger partial charge on any atom is 0.267 e. The van der Waals surface area contributed by atoms with Crippen molar-refractivity contribution >= 4 is 5.91 Å². The van der Waals surface area contributed by atoms with Crippen LogP contribution in [0.4, 0.5) is 0 Å². The molecule has 0 atom stereocenters. The van der Waals surface area contributed by atoms with Crippen LogP contribution in [-0.4, -0.2) is 15.7 Å². The van der Waals surface area contributed by atoms with E-state index in [4.69, 9.17) is 5.73 Å². The van der Waals surface area contributed by atoms with Gasteiger partial charge in [-0.15, -0.1) is 0 Å². The number of aromatic nitrogens is 2. The molecule has 2 N–H and O–H groups in total. The molecule has 1 aromatic heterocycles. The van der Waals surface area contributed by atoms with Gasteiger partial charge in [0.25, 0.3) is 11.5 Å². The van der Waals surface area contributed by atoms with Gasteiger partial charge in [0.2, 0.25) is 0 Å². The second-order valence-corrected chi connectivity index (χ2v) is 2.07. The van der Waals surface area contributed by atoms with Crippen LogP contribution in [0.15, 0.2) is 17.1 Å². The number of hydrogen-bond donors (Lipinski definition) is 1. The van der Waals surface area contributed by atoms with Crippen molar-refractivity contribution in [3.63, 3.8) is 0 Å². The summed E-state index contributed by atoms with van der Waals surface area (Å²) in [5, 5.41) is 3.60. The van der Waals surface area contributed by atoms with E-state index in [0.717, 1.165) is 10.7 Å². The summed E-state index contributed by atoms with van der Waals surface area (Å²) in [6.45, 7) is 0. The number of nitrogens with zero attached hydrogens (tertiary/aromatic N) is 2. The number of hydrogen-bond acceptors (Lipinski definition) is 3. The monoisotopic (exact) mass is 153 g/mol. The van der Waals surface area contributed by atoms with Crippen LogP contribution in [-0.2, 0) is 7.05 Å². The third-order valence-corrected chi connectivity index (χ3v) is 1.25. The molecule has 0 bridgehead atoms. The molecule has 0 aliphatic heterocycles. The Labute approximate surface area is 62.4 Å². The van der Waals surface area contributed by atoms with Crippen LogP contribution in [0.1, 0.15) is 10.4 Å².